The van der Waals surface area contributed by atoms with Gasteiger partial charge < -0.3 is 9.47 Å². The van der Waals surface area contributed by atoms with E-state index in [4.69, 9.17) is 9.47 Å². The molecule has 0 aliphatic heterocycles. The molecule has 26 heavy (non-hydrogen) atoms. The van der Waals surface area contributed by atoms with Crippen molar-refractivity contribution in [1.82, 2.24) is 0 Å². The van der Waals surface area contributed by atoms with Crippen LogP contribution in [0.1, 0.15) is 59.4 Å². The molecule has 1 aliphatic rings. The SMILES string of the molecule is CC(=O)O[C@H]1Cc2cc(C)ccc2[C@H](OC(C)=O)Cc2cc(C)ccc21. The number of rotatable bonds is 2. The Balaban J connectivity index is 2.14. The van der Waals surface area contributed by atoms with E-state index in [-0.39, 0.29) is 24.1 Å². The van der Waals surface area contributed by atoms with Crippen LogP contribution in [-0.2, 0) is 31.9 Å². The second kappa shape index (κ2) is 7.32. The van der Waals surface area contributed by atoms with Gasteiger partial charge in [0.2, 0.25) is 0 Å². The highest BCUT2D eigenvalue weighted by atomic mass is 16.5. The molecule has 0 aromatic heterocycles. The molecule has 0 saturated heterocycles. The Bertz CT molecular complexity index is 782. The molecular formula is C22H24O4. The molecule has 0 spiro atoms. The van der Waals surface area contributed by atoms with Crippen LogP contribution in [0.2, 0.25) is 0 Å². The zero-order valence-corrected chi connectivity index (χ0v) is 15.7. The summed E-state index contributed by atoms with van der Waals surface area (Å²) in [5, 5.41) is 0. The minimum Gasteiger partial charge on any atom is -0.457 e. The largest absolute Gasteiger partial charge is 0.457 e. The first-order valence-corrected chi connectivity index (χ1v) is 8.86. The summed E-state index contributed by atoms with van der Waals surface area (Å²) in [5.41, 5.74) is 6.31. The van der Waals surface area contributed by atoms with Crippen LogP contribution in [0.15, 0.2) is 36.4 Å². The van der Waals surface area contributed by atoms with Gasteiger partial charge in [-0.25, -0.2) is 0 Å². The first-order chi connectivity index (χ1) is 12.3. The fourth-order valence-electron chi connectivity index (χ4n) is 3.68. The first-order valence-electron chi connectivity index (χ1n) is 8.86. The zero-order chi connectivity index (χ0) is 18.8. The summed E-state index contributed by atoms with van der Waals surface area (Å²) < 4.78 is 11.3. The van der Waals surface area contributed by atoms with E-state index in [2.05, 4.69) is 12.1 Å². The number of esters is 2. The van der Waals surface area contributed by atoms with Crippen LogP contribution in [-0.4, -0.2) is 11.9 Å². The molecule has 2 aromatic carbocycles. The lowest BCUT2D eigenvalue weighted by Gasteiger charge is -2.29. The lowest BCUT2D eigenvalue weighted by atomic mass is 9.84. The summed E-state index contributed by atoms with van der Waals surface area (Å²) in [6.07, 6.45) is 0.429. The molecule has 4 heteroatoms. The highest BCUT2D eigenvalue weighted by Gasteiger charge is 2.29. The van der Waals surface area contributed by atoms with Gasteiger partial charge in [-0.3, -0.25) is 9.59 Å². The first kappa shape index (κ1) is 18.2. The molecule has 0 heterocycles. The van der Waals surface area contributed by atoms with Crippen LogP contribution in [0.3, 0.4) is 0 Å². The predicted octanol–water partition coefficient (Wildman–Crippen LogP) is 4.31. The number of carbonyl (C=O) groups is 2. The fourth-order valence-corrected chi connectivity index (χ4v) is 3.68. The molecule has 0 saturated carbocycles. The number of hydrogen-bond donors (Lipinski definition) is 0. The highest BCUT2D eigenvalue weighted by Crippen LogP contribution is 2.37. The third kappa shape index (κ3) is 3.96. The van der Waals surface area contributed by atoms with Crippen molar-refractivity contribution in [3.05, 3.63) is 69.8 Å². The molecule has 2 aromatic rings. The summed E-state index contributed by atoms with van der Waals surface area (Å²) in [4.78, 5) is 23.4. The maximum Gasteiger partial charge on any atom is 0.303 e. The summed E-state index contributed by atoms with van der Waals surface area (Å²) in [6.45, 7) is 6.92. The van der Waals surface area contributed by atoms with Gasteiger partial charge in [-0.2, -0.15) is 0 Å². The lowest BCUT2D eigenvalue weighted by molar-refractivity contribution is -0.146. The third-order valence-corrected chi connectivity index (χ3v) is 4.72. The Labute approximate surface area is 154 Å². The van der Waals surface area contributed by atoms with Crippen LogP contribution < -0.4 is 0 Å². The molecular weight excluding hydrogens is 328 g/mol. The molecule has 3 rings (SSSR count). The Morgan fingerprint density at radius 1 is 0.769 bits per heavy atom. The molecule has 0 N–H and O–H groups in total. The molecule has 136 valence electrons. The molecule has 0 bridgehead atoms. The van der Waals surface area contributed by atoms with Gasteiger partial charge in [-0.1, -0.05) is 47.5 Å². The van der Waals surface area contributed by atoms with E-state index in [0.717, 1.165) is 33.4 Å². The molecule has 0 unspecified atom stereocenters. The van der Waals surface area contributed by atoms with Gasteiger partial charge in [0, 0.05) is 26.7 Å². The van der Waals surface area contributed by atoms with E-state index in [1.165, 1.54) is 13.8 Å². The number of fused-ring (bicyclic) bond motifs is 2. The molecule has 4 nitrogen and oxygen atoms in total. The van der Waals surface area contributed by atoms with Crippen LogP contribution >= 0.6 is 0 Å². The quantitative estimate of drug-likeness (QED) is 0.756. The van der Waals surface area contributed by atoms with E-state index < -0.39 is 0 Å². The van der Waals surface area contributed by atoms with Crippen LogP contribution in [0, 0.1) is 13.8 Å². The van der Waals surface area contributed by atoms with Crippen LogP contribution in [0.25, 0.3) is 0 Å². The van der Waals surface area contributed by atoms with Crippen molar-refractivity contribution in [2.75, 3.05) is 0 Å². The summed E-state index contributed by atoms with van der Waals surface area (Å²) in [7, 11) is 0. The highest BCUT2D eigenvalue weighted by molar-refractivity contribution is 5.67. The number of hydrogen-bond acceptors (Lipinski definition) is 4. The van der Waals surface area contributed by atoms with Gasteiger partial charge in [-0.15, -0.1) is 0 Å². The van der Waals surface area contributed by atoms with Crippen molar-refractivity contribution in [2.24, 2.45) is 0 Å². The maximum atomic E-state index is 11.7. The van der Waals surface area contributed by atoms with Crippen molar-refractivity contribution >= 4 is 11.9 Å². The van der Waals surface area contributed by atoms with Crippen LogP contribution in [0.4, 0.5) is 0 Å². The standard InChI is InChI=1S/C22H24O4/c1-13-5-7-19-17(9-13)11-21(25-15(3)23)20-8-6-14(2)10-18(20)12-22(19)26-16(4)24/h5-10,21-22H,11-12H2,1-4H3/t21-,22+. The second-order valence-corrected chi connectivity index (χ2v) is 7.01. The lowest BCUT2D eigenvalue weighted by Crippen LogP contribution is -2.21. The maximum absolute atomic E-state index is 11.7. The number of benzene rings is 2. The Morgan fingerprint density at radius 3 is 1.50 bits per heavy atom. The summed E-state index contributed by atoms with van der Waals surface area (Å²) in [6, 6.07) is 12.3. The van der Waals surface area contributed by atoms with Gasteiger partial charge in [0.25, 0.3) is 0 Å². The fraction of sp³-hybridized carbons (Fsp3) is 0.364. The van der Waals surface area contributed by atoms with Gasteiger partial charge in [-0.05, 0) is 36.1 Å². The predicted molar refractivity (Wildman–Crippen MR) is 98.8 cm³/mol. The monoisotopic (exact) mass is 352 g/mol. The third-order valence-electron chi connectivity index (χ3n) is 4.72. The minimum atomic E-state index is -0.345. The number of ether oxygens (including phenoxy) is 2. The van der Waals surface area contributed by atoms with E-state index in [1.54, 1.807) is 0 Å². The van der Waals surface area contributed by atoms with Gasteiger partial charge in [0.15, 0.2) is 0 Å². The second-order valence-electron chi connectivity index (χ2n) is 7.01. The normalized spacial score (nSPS) is 18.8. The minimum absolute atomic E-state index is 0.298. The number of aryl methyl sites for hydroxylation is 2. The zero-order valence-electron chi connectivity index (χ0n) is 15.7. The molecule has 0 amide bonds. The topological polar surface area (TPSA) is 52.6 Å². The summed E-state index contributed by atoms with van der Waals surface area (Å²) >= 11 is 0. The Hall–Kier alpha value is -2.62. The molecule has 2 atom stereocenters. The van der Waals surface area contributed by atoms with Gasteiger partial charge in [0.1, 0.15) is 12.2 Å². The van der Waals surface area contributed by atoms with E-state index in [9.17, 15) is 9.59 Å². The van der Waals surface area contributed by atoms with Crippen molar-refractivity contribution < 1.29 is 19.1 Å². The van der Waals surface area contributed by atoms with Gasteiger partial charge >= 0.3 is 11.9 Å². The van der Waals surface area contributed by atoms with Crippen LogP contribution in [0.5, 0.6) is 0 Å². The number of carbonyl (C=O) groups excluding carboxylic acids is 2. The van der Waals surface area contributed by atoms with E-state index in [1.807, 2.05) is 38.1 Å². The Kier molecular flexibility index (Phi) is 5.12. The van der Waals surface area contributed by atoms with Crippen molar-refractivity contribution in [3.8, 4) is 0 Å². The average molecular weight is 352 g/mol. The molecule has 0 fully saturated rings. The van der Waals surface area contributed by atoms with Crippen molar-refractivity contribution in [3.63, 3.8) is 0 Å². The summed E-state index contributed by atoms with van der Waals surface area (Å²) in [5.74, 6) is -0.597. The van der Waals surface area contributed by atoms with Crippen molar-refractivity contribution in [2.45, 2.75) is 52.7 Å². The van der Waals surface area contributed by atoms with Crippen molar-refractivity contribution in [1.29, 1.82) is 0 Å². The van der Waals surface area contributed by atoms with E-state index >= 15 is 0 Å². The Morgan fingerprint density at radius 2 is 1.15 bits per heavy atom. The molecule has 1 aliphatic carbocycles. The van der Waals surface area contributed by atoms with E-state index in [0.29, 0.717) is 12.8 Å². The smallest absolute Gasteiger partial charge is 0.303 e. The molecule has 0 radical (unpaired) electrons. The average Bonchev–Trinajstić information content (AvgIpc) is 2.52. The van der Waals surface area contributed by atoms with Gasteiger partial charge in [0.05, 0.1) is 0 Å².